The second-order valence-corrected chi connectivity index (χ2v) is 7.67. The lowest BCUT2D eigenvalue weighted by Gasteiger charge is -2.23. The summed E-state index contributed by atoms with van der Waals surface area (Å²) in [4.78, 5) is 4.06. The first-order valence-corrected chi connectivity index (χ1v) is 7.27. The van der Waals surface area contributed by atoms with E-state index in [9.17, 15) is 8.42 Å². The predicted octanol–water partition coefficient (Wildman–Crippen LogP) is 1.22. The van der Waals surface area contributed by atoms with Gasteiger partial charge in [-0.05, 0) is 12.3 Å². The number of nitrogens with two attached hydrogens (primary N) is 1. The van der Waals surface area contributed by atoms with Crippen LogP contribution in [-0.2, 0) is 9.84 Å². The van der Waals surface area contributed by atoms with Crippen LogP contribution in [0.1, 0.15) is 50.7 Å². The van der Waals surface area contributed by atoms with E-state index in [1.165, 1.54) is 6.92 Å². The molecule has 0 bridgehead atoms. The second-order valence-electron chi connectivity index (χ2n) is 5.31. The summed E-state index contributed by atoms with van der Waals surface area (Å²) in [5, 5.41) is 2.89. The summed E-state index contributed by atoms with van der Waals surface area (Å²) in [6.07, 6.45) is 1.14. The maximum absolute atomic E-state index is 11.4. The average Bonchev–Trinajstić information content (AvgIpc) is 2.60. The zero-order chi connectivity index (χ0) is 13.4. The Morgan fingerprint density at radius 2 is 1.88 bits per heavy atom. The van der Waals surface area contributed by atoms with E-state index in [2.05, 4.69) is 10.1 Å². The molecule has 0 spiro atoms. The summed E-state index contributed by atoms with van der Waals surface area (Å²) >= 11 is 0. The molecule has 2 N–H and O–H groups in total. The number of hydrogen-bond acceptors (Lipinski definition) is 6. The smallest absolute Gasteiger partial charge is 0.244 e. The van der Waals surface area contributed by atoms with Gasteiger partial charge >= 0.3 is 0 Å². The minimum Gasteiger partial charge on any atom is -0.338 e. The highest BCUT2D eigenvalue weighted by atomic mass is 32.2. The highest BCUT2D eigenvalue weighted by Crippen LogP contribution is 2.30. The first-order chi connectivity index (χ1) is 7.53. The minimum atomic E-state index is -3.23. The molecule has 1 heterocycles. The lowest BCUT2D eigenvalue weighted by molar-refractivity contribution is 0.252. The van der Waals surface area contributed by atoms with E-state index in [1.807, 2.05) is 20.8 Å². The number of rotatable bonds is 3. The van der Waals surface area contributed by atoms with Gasteiger partial charge in [0.2, 0.25) is 5.89 Å². The van der Waals surface area contributed by atoms with Crippen molar-refractivity contribution in [2.75, 3.05) is 6.26 Å². The molecule has 0 fully saturated rings. The van der Waals surface area contributed by atoms with Crippen LogP contribution in [0, 0.1) is 5.41 Å². The van der Waals surface area contributed by atoms with Crippen molar-refractivity contribution in [2.45, 2.75) is 39.0 Å². The van der Waals surface area contributed by atoms with E-state index in [0.29, 0.717) is 0 Å². The van der Waals surface area contributed by atoms with Crippen molar-refractivity contribution in [2.24, 2.45) is 11.1 Å². The van der Waals surface area contributed by atoms with Gasteiger partial charge in [0.15, 0.2) is 15.7 Å². The van der Waals surface area contributed by atoms with Gasteiger partial charge in [-0.25, -0.2) is 8.42 Å². The molecule has 0 aliphatic rings. The molecule has 1 rings (SSSR count). The fraction of sp³-hybridized carbons (Fsp3) is 0.800. The Bertz CT molecular complexity index is 487. The molecule has 1 unspecified atom stereocenters. The summed E-state index contributed by atoms with van der Waals surface area (Å²) in [5.74, 6) is 0.421. The quantitative estimate of drug-likeness (QED) is 0.878. The van der Waals surface area contributed by atoms with E-state index < -0.39 is 21.1 Å². The van der Waals surface area contributed by atoms with Crippen LogP contribution >= 0.6 is 0 Å². The van der Waals surface area contributed by atoms with Crippen LogP contribution in [-0.4, -0.2) is 24.8 Å². The van der Waals surface area contributed by atoms with Crippen LogP contribution < -0.4 is 5.73 Å². The highest BCUT2D eigenvalue weighted by Gasteiger charge is 2.30. The first-order valence-electron chi connectivity index (χ1n) is 5.31. The molecule has 98 valence electrons. The summed E-state index contributed by atoms with van der Waals surface area (Å²) < 4.78 is 27.7. The van der Waals surface area contributed by atoms with Crippen LogP contribution in [0.5, 0.6) is 0 Å². The van der Waals surface area contributed by atoms with Gasteiger partial charge in [0, 0.05) is 6.26 Å². The molecule has 0 aliphatic heterocycles. The maximum atomic E-state index is 11.4. The van der Waals surface area contributed by atoms with Crippen molar-refractivity contribution >= 4 is 9.84 Å². The van der Waals surface area contributed by atoms with Crippen molar-refractivity contribution in [3.05, 3.63) is 11.7 Å². The molecule has 0 saturated heterocycles. The average molecular weight is 261 g/mol. The molecule has 7 heteroatoms. The van der Waals surface area contributed by atoms with Crippen LogP contribution in [0.3, 0.4) is 0 Å². The molecular formula is C10H19N3O3S. The van der Waals surface area contributed by atoms with Gasteiger partial charge in [0.25, 0.3) is 0 Å². The second kappa shape index (κ2) is 4.38. The molecule has 0 aromatic carbocycles. The zero-order valence-corrected chi connectivity index (χ0v) is 11.6. The molecule has 1 aromatic heterocycles. The van der Waals surface area contributed by atoms with Gasteiger partial charge in [0.05, 0.1) is 6.04 Å². The number of aromatic nitrogens is 2. The van der Waals surface area contributed by atoms with Crippen LogP contribution in [0.4, 0.5) is 0 Å². The Morgan fingerprint density at radius 1 is 1.35 bits per heavy atom. The van der Waals surface area contributed by atoms with Crippen molar-refractivity contribution in [3.8, 4) is 0 Å². The molecule has 0 radical (unpaired) electrons. The largest absolute Gasteiger partial charge is 0.338 e. The van der Waals surface area contributed by atoms with Gasteiger partial charge in [0.1, 0.15) is 5.25 Å². The third-order valence-corrected chi connectivity index (χ3v) is 4.16. The lowest BCUT2D eigenvalue weighted by atomic mass is 9.87. The van der Waals surface area contributed by atoms with Crippen molar-refractivity contribution in [1.29, 1.82) is 0 Å². The Kier molecular flexibility index (Phi) is 3.63. The molecular weight excluding hydrogens is 242 g/mol. The fourth-order valence-electron chi connectivity index (χ4n) is 1.10. The predicted molar refractivity (Wildman–Crippen MR) is 63.9 cm³/mol. The van der Waals surface area contributed by atoms with Gasteiger partial charge in [-0.15, -0.1) is 0 Å². The summed E-state index contributed by atoms with van der Waals surface area (Å²) in [5.41, 5.74) is 5.72. The van der Waals surface area contributed by atoms with Gasteiger partial charge in [-0.2, -0.15) is 4.98 Å². The van der Waals surface area contributed by atoms with E-state index in [0.717, 1.165) is 6.26 Å². The summed E-state index contributed by atoms with van der Waals surface area (Å²) in [6, 6.07) is -0.421. The summed E-state index contributed by atoms with van der Waals surface area (Å²) in [7, 11) is -3.23. The standard InChI is InChI=1S/C10H19N3O3S/c1-6(17(5,14)15)8-12-9(16-13-8)7(11)10(2,3)4/h6-7H,11H2,1-5H3/t6?,7-/m1/s1. The Hall–Kier alpha value is -0.950. The van der Waals surface area contributed by atoms with Crippen LogP contribution in [0.2, 0.25) is 0 Å². The van der Waals surface area contributed by atoms with E-state index in [4.69, 9.17) is 10.3 Å². The lowest BCUT2D eigenvalue weighted by Crippen LogP contribution is -2.26. The van der Waals surface area contributed by atoms with E-state index in [-0.39, 0.29) is 17.1 Å². The fourth-order valence-corrected chi connectivity index (χ4v) is 1.58. The Labute approximate surface area is 102 Å². The maximum Gasteiger partial charge on any atom is 0.244 e. The summed E-state index contributed by atoms with van der Waals surface area (Å²) in [6.45, 7) is 7.36. The third kappa shape index (κ3) is 3.26. The highest BCUT2D eigenvalue weighted by molar-refractivity contribution is 7.90. The molecule has 2 atom stereocenters. The Morgan fingerprint density at radius 3 is 2.29 bits per heavy atom. The van der Waals surface area contributed by atoms with Crippen molar-refractivity contribution in [1.82, 2.24) is 10.1 Å². The molecule has 0 aliphatic carbocycles. The number of nitrogens with zero attached hydrogens (tertiary/aromatic N) is 2. The number of hydrogen-bond donors (Lipinski definition) is 1. The Balaban J connectivity index is 3.01. The molecule has 17 heavy (non-hydrogen) atoms. The van der Waals surface area contributed by atoms with Crippen molar-refractivity contribution in [3.63, 3.8) is 0 Å². The van der Waals surface area contributed by atoms with E-state index in [1.54, 1.807) is 0 Å². The molecule has 6 nitrogen and oxygen atoms in total. The minimum absolute atomic E-state index is 0.155. The molecule has 1 aromatic rings. The van der Waals surface area contributed by atoms with Gasteiger partial charge in [-0.3, -0.25) is 0 Å². The van der Waals surface area contributed by atoms with Gasteiger partial charge < -0.3 is 10.3 Å². The van der Waals surface area contributed by atoms with Gasteiger partial charge in [-0.1, -0.05) is 25.9 Å². The van der Waals surface area contributed by atoms with Crippen LogP contribution in [0.25, 0.3) is 0 Å². The number of sulfone groups is 1. The van der Waals surface area contributed by atoms with E-state index >= 15 is 0 Å². The zero-order valence-electron chi connectivity index (χ0n) is 10.8. The molecule has 0 amide bonds. The first kappa shape index (κ1) is 14.1. The monoisotopic (exact) mass is 261 g/mol. The van der Waals surface area contributed by atoms with Crippen molar-refractivity contribution < 1.29 is 12.9 Å². The van der Waals surface area contributed by atoms with Crippen LogP contribution in [0.15, 0.2) is 4.52 Å². The SMILES string of the molecule is CC(c1noc([C@@H](N)C(C)(C)C)n1)S(C)(=O)=O. The molecule has 0 saturated carbocycles. The normalized spacial score (nSPS) is 16.8. The third-order valence-electron chi connectivity index (χ3n) is 2.66. The topological polar surface area (TPSA) is 99.1 Å².